The van der Waals surface area contributed by atoms with Gasteiger partial charge in [0, 0.05) is 30.0 Å². The van der Waals surface area contributed by atoms with E-state index in [1.54, 1.807) is 0 Å². The largest absolute Gasteiger partial charge is 0.465 e. The summed E-state index contributed by atoms with van der Waals surface area (Å²) in [5.74, 6) is 2.33. The molecule has 2 saturated heterocycles. The van der Waals surface area contributed by atoms with E-state index in [0.717, 1.165) is 24.6 Å². The highest BCUT2D eigenvalue weighted by molar-refractivity contribution is 8.00. The van der Waals surface area contributed by atoms with E-state index in [1.807, 2.05) is 11.8 Å². The molecule has 0 aromatic carbocycles. The molecule has 2 aliphatic rings. The van der Waals surface area contributed by atoms with Crippen molar-refractivity contribution >= 4 is 17.9 Å². The molecular formula is C6H9NO2S. The van der Waals surface area contributed by atoms with E-state index in [1.165, 1.54) is 4.90 Å². The Morgan fingerprint density at radius 3 is 2.40 bits per heavy atom. The van der Waals surface area contributed by atoms with Gasteiger partial charge < -0.3 is 10.0 Å². The molecule has 3 nitrogen and oxygen atoms in total. The van der Waals surface area contributed by atoms with Crippen molar-refractivity contribution in [3.8, 4) is 0 Å². The van der Waals surface area contributed by atoms with Crippen molar-refractivity contribution in [3.63, 3.8) is 0 Å². The molecule has 0 atom stereocenters. The van der Waals surface area contributed by atoms with E-state index in [0.29, 0.717) is 5.41 Å². The smallest absolute Gasteiger partial charge is 0.407 e. The van der Waals surface area contributed by atoms with Gasteiger partial charge in [-0.15, -0.1) is 0 Å². The molecule has 0 bridgehead atoms. The first-order chi connectivity index (χ1) is 4.72. The fourth-order valence-electron chi connectivity index (χ4n) is 1.47. The van der Waals surface area contributed by atoms with E-state index < -0.39 is 6.09 Å². The molecule has 1 N–H and O–H groups in total. The lowest BCUT2D eigenvalue weighted by molar-refractivity contribution is 0.0344. The Morgan fingerprint density at radius 1 is 1.50 bits per heavy atom. The molecule has 0 aromatic heterocycles. The van der Waals surface area contributed by atoms with Gasteiger partial charge in [-0.1, -0.05) is 0 Å². The Labute approximate surface area is 63.4 Å². The fraction of sp³-hybridized carbons (Fsp3) is 0.833. The summed E-state index contributed by atoms with van der Waals surface area (Å²) in [6.07, 6.45) is -0.762. The summed E-state index contributed by atoms with van der Waals surface area (Å²) in [6, 6.07) is 0. The van der Waals surface area contributed by atoms with Crippen molar-refractivity contribution < 1.29 is 9.90 Å². The molecule has 0 radical (unpaired) electrons. The van der Waals surface area contributed by atoms with Crippen LogP contribution in [-0.2, 0) is 0 Å². The van der Waals surface area contributed by atoms with E-state index in [2.05, 4.69) is 0 Å². The summed E-state index contributed by atoms with van der Waals surface area (Å²) >= 11 is 1.91. The van der Waals surface area contributed by atoms with Gasteiger partial charge in [-0.05, 0) is 0 Å². The maximum Gasteiger partial charge on any atom is 0.407 e. The van der Waals surface area contributed by atoms with Crippen LogP contribution < -0.4 is 0 Å². The van der Waals surface area contributed by atoms with Gasteiger partial charge in [-0.3, -0.25) is 0 Å². The van der Waals surface area contributed by atoms with Crippen molar-refractivity contribution in [2.75, 3.05) is 24.6 Å². The first kappa shape index (κ1) is 6.34. The van der Waals surface area contributed by atoms with E-state index >= 15 is 0 Å². The summed E-state index contributed by atoms with van der Waals surface area (Å²) < 4.78 is 0. The normalized spacial score (nSPS) is 27.4. The molecule has 2 aliphatic heterocycles. The van der Waals surface area contributed by atoms with Crippen molar-refractivity contribution in [1.82, 2.24) is 4.90 Å². The van der Waals surface area contributed by atoms with E-state index in [9.17, 15) is 4.79 Å². The molecule has 10 heavy (non-hydrogen) atoms. The number of carboxylic acid groups (broad SMARTS) is 1. The minimum absolute atomic E-state index is 0.406. The van der Waals surface area contributed by atoms with Crippen LogP contribution in [-0.4, -0.2) is 40.7 Å². The molecule has 2 heterocycles. The van der Waals surface area contributed by atoms with Crippen LogP contribution in [0.5, 0.6) is 0 Å². The predicted octanol–water partition coefficient (Wildman–Crippen LogP) is 0.713. The Bertz CT molecular complexity index is 171. The highest BCUT2D eigenvalue weighted by Crippen LogP contribution is 2.44. The highest BCUT2D eigenvalue weighted by atomic mass is 32.2. The SMILES string of the molecule is O=C(O)N1CC2(CSC2)C1. The van der Waals surface area contributed by atoms with Crippen LogP contribution >= 0.6 is 11.8 Å². The molecule has 0 unspecified atom stereocenters. The first-order valence-electron chi connectivity index (χ1n) is 3.28. The van der Waals surface area contributed by atoms with Crippen LogP contribution in [0.3, 0.4) is 0 Å². The van der Waals surface area contributed by atoms with Crippen LogP contribution in [0, 0.1) is 5.41 Å². The second-order valence-electron chi connectivity index (χ2n) is 3.13. The zero-order chi connectivity index (χ0) is 7.19. The van der Waals surface area contributed by atoms with Gasteiger partial charge in [-0.2, -0.15) is 11.8 Å². The lowest BCUT2D eigenvalue weighted by atomic mass is 9.83. The Kier molecular flexibility index (Phi) is 1.15. The average Bonchev–Trinajstić information content (AvgIpc) is 1.54. The summed E-state index contributed by atoms with van der Waals surface area (Å²) in [4.78, 5) is 11.8. The minimum atomic E-state index is -0.762. The van der Waals surface area contributed by atoms with Gasteiger partial charge in [0.1, 0.15) is 0 Å². The Hall–Kier alpha value is -0.380. The Morgan fingerprint density at radius 2 is 2.10 bits per heavy atom. The molecule has 4 heteroatoms. The topological polar surface area (TPSA) is 40.5 Å². The molecular weight excluding hydrogens is 150 g/mol. The lowest BCUT2D eigenvalue weighted by Crippen LogP contribution is -2.64. The standard InChI is InChI=1S/C6H9NO2S/c8-5(9)7-1-6(2-7)3-10-4-6/h1-4H2,(H,8,9). The molecule has 0 saturated carbocycles. The van der Waals surface area contributed by atoms with Gasteiger partial charge in [-0.25, -0.2) is 4.79 Å². The molecule has 0 aromatic rings. The Balaban J connectivity index is 1.88. The van der Waals surface area contributed by atoms with E-state index in [4.69, 9.17) is 5.11 Å². The quantitative estimate of drug-likeness (QED) is 0.566. The summed E-state index contributed by atoms with van der Waals surface area (Å²) in [6.45, 7) is 1.55. The van der Waals surface area contributed by atoms with Crippen LogP contribution in [0.1, 0.15) is 0 Å². The number of likely N-dealkylation sites (tertiary alicyclic amines) is 1. The number of rotatable bonds is 0. The second kappa shape index (κ2) is 1.81. The molecule has 2 fully saturated rings. The van der Waals surface area contributed by atoms with Crippen LogP contribution in [0.15, 0.2) is 0 Å². The highest BCUT2D eigenvalue weighted by Gasteiger charge is 2.49. The summed E-state index contributed by atoms with van der Waals surface area (Å²) in [5, 5.41) is 8.50. The molecule has 0 aliphatic carbocycles. The number of amides is 1. The van der Waals surface area contributed by atoms with Crippen LogP contribution in [0.4, 0.5) is 4.79 Å². The molecule has 1 spiro atoms. The third kappa shape index (κ3) is 0.714. The van der Waals surface area contributed by atoms with Crippen molar-refractivity contribution in [2.45, 2.75) is 0 Å². The zero-order valence-corrected chi connectivity index (χ0v) is 6.36. The minimum Gasteiger partial charge on any atom is -0.465 e. The fourth-order valence-corrected chi connectivity index (χ4v) is 2.62. The zero-order valence-electron chi connectivity index (χ0n) is 5.54. The predicted molar refractivity (Wildman–Crippen MR) is 39.4 cm³/mol. The average molecular weight is 159 g/mol. The first-order valence-corrected chi connectivity index (χ1v) is 4.43. The van der Waals surface area contributed by atoms with E-state index in [-0.39, 0.29) is 0 Å². The van der Waals surface area contributed by atoms with Gasteiger partial charge in [0.05, 0.1) is 0 Å². The number of hydrogen-bond acceptors (Lipinski definition) is 2. The third-order valence-corrected chi connectivity index (χ3v) is 3.77. The lowest BCUT2D eigenvalue weighted by Gasteiger charge is -2.53. The van der Waals surface area contributed by atoms with Crippen LogP contribution in [0.25, 0.3) is 0 Å². The number of thioether (sulfide) groups is 1. The van der Waals surface area contributed by atoms with Gasteiger partial charge in [0.15, 0.2) is 0 Å². The molecule has 56 valence electrons. The molecule has 2 rings (SSSR count). The number of hydrogen-bond donors (Lipinski definition) is 1. The number of nitrogens with zero attached hydrogens (tertiary/aromatic N) is 1. The van der Waals surface area contributed by atoms with Crippen molar-refractivity contribution in [1.29, 1.82) is 0 Å². The number of carbonyl (C=O) groups is 1. The molecule has 1 amide bonds. The van der Waals surface area contributed by atoms with Gasteiger partial charge in [0.25, 0.3) is 0 Å². The van der Waals surface area contributed by atoms with Gasteiger partial charge >= 0.3 is 6.09 Å². The summed E-state index contributed by atoms with van der Waals surface area (Å²) in [7, 11) is 0. The second-order valence-corrected chi connectivity index (χ2v) is 4.12. The van der Waals surface area contributed by atoms with Gasteiger partial charge in [0.2, 0.25) is 0 Å². The van der Waals surface area contributed by atoms with Crippen molar-refractivity contribution in [2.24, 2.45) is 5.41 Å². The van der Waals surface area contributed by atoms with Crippen molar-refractivity contribution in [3.05, 3.63) is 0 Å². The summed E-state index contributed by atoms with van der Waals surface area (Å²) in [5.41, 5.74) is 0.406. The monoisotopic (exact) mass is 159 g/mol. The van der Waals surface area contributed by atoms with Crippen LogP contribution in [0.2, 0.25) is 0 Å². The maximum absolute atomic E-state index is 10.3. The third-order valence-electron chi connectivity index (χ3n) is 2.14. The maximum atomic E-state index is 10.3.